The van der Waals surface area contributed by atoms with Crippen LogP contribution in [0.15, 0.2) is 34.6 Å². The predicted octanol–water partition coefficient (Wildman–Crippen LogP) is 1.15. The fraction of sp³-hybridized carbons (Fsp3) is 0.579. The van der Waals surface area contributed by atoms with Gasteiger partial charge in [0.05, 0.1) is 6.54 Å². The Labute approximate surface area is 188 Å². The van der Waals surface area contributed by atoms with Crippen molar-refractivity contribution >= 4 is 35.8 Å². The van der Waals surface area contributed by atoms with Crippen molar-refractivity contribution < 1.29 is 0 Å². The van der Waals surface area contributed by atoms with Crippen LogP contribution in [0.5, 0.6) is 0 Å². The van der Waals surface area contributed by atoms with E-state index >= 15 is 0 Å². The number of aliphatic imine (C=N–C) groups is 1. The van der Waals surface area contributed by atoms with E-state index in [2.05, 4.69) is 43.6 Å². The number of rotatable bonds is 5. The summed E-state index contributed by atoms with van der Waals surface area (Å²) in [6, 6.07) is 0. The first-order valence-corrected chi connectivity index (χ1v) is 9.71. The molecule has 1 saturated heterocycles. The standard InChI is InChI=1S/C19H30N8O.HI/c1-15(2)14-27-8-6-21-16(27)13-23-19(20-3)26-11-9-25(10-12-26)17-18(28)24(4)7-5-22-17;/h5-8,15H,9-14H2,1-4H3,(H,20,23);1H. The lowest BCUT2D eigenvalue weighted by molar-refractivity contribution is 0.369. The van der Waals surface area contributed by atoms with E-state index in [0.29, 0.717) is 18.3 Å². The van der Waals surface area contributed by atoms with Gasteiger partial charge in [0.15, 0.2) is 11.8 Å². The molecule has 2 aromatic rings. The molecule has 1 N–H and O–H groups in total. The Morgan fingerprint density at radius 2 is 1.86 bits per heavy atom. The Bertz CT molecular complexity index is 867. The molecule has 1 aliphatic rings. The first kappa shape index (κ1) is 23.2. The van der Waals surface area contributed by atoms with E-state index in [1.54, 1.807) is 31.1 Å². The van der Waals surface area contributed by atoms with Crippen LogP contribution >= 0.6 is 24.0 Å². The first-order valence-electron chi connectivity index (χ1n) is 9.71. The molecule has 2 aromatic heterocycles. The molecule has 0 bridgehead atoms. The molecule has 3 rings (SSSR count). The van der Waals surface area contributed by atoms with Crippen LogP contribution in [0.25, 0.3) is 0 Å². The Kier molecular flexibility index (Phi) is 8.47. The zero-order valence-corrected chi connectivity index (χ0v) is 19.9. The lowest BCUT2D eigenvalue weighted by Crippen LogP contribution is -2.53. The summed E-state index contributed by atoms with van der Waals surface area (Å²) in [5.41, 5.74) is -0.0598. The Hall–Kier alpha value is -2.11. The zero-order chi connectivity index (χ0) is 20.1. The quantitative estimate of drug-likeness (QED) is 0.366. The second-order valence-corrected chi connectivity index (χ2v) is 7.43. The zero-order valence-electron chi connectivity index (χ0n) is 17.6. The number of halogens is 1. The minimum atomic E-state index is -0.0598. The van der Waals surface area contributed by atoms with Crippen LogP contribution in [-0.2, 0) is 20.1 Å². The van der Waals surface area contributed by atoms with E-state index in [4.69, 9.17) is 0 Å². The summed E-state index contributed by atoms with van der Waals surface area (Å²) < 4.78 is 3.74. The molecule has 0 unspecified atom stereocenters. The number of imidazole rings is 1. The molecule has 1 aliphatic heterocycles. The largest absolute Gasteiger partial charge is 0.349 e. The number of piperazine rings is 1. The summed E-state index contributed by atoms with van der Waals surface area (Å²) >= 11 is 0. The van der Waals surface area contributed by atoms with Crippen molar-refractivity contribution in [2.75, 3.05) is 38.1 Å². The van der Waals surface area contributed by atoms with Gasteiger partial charge < -0.3 is 24.3 Å². The average molecular weight is 514 g/mol. The van der Waals surface area contributed by atoms with Gasteiger partial charge in [-0.05, 0) is 5.92 Å². The molecule has 0 atom stereocenters. The molecule has 0 aliphatic carbocycles. The molecule has 1 fully saturated rings. The molecule has 0 amide bonds. The maximum Gasteiger partial charge on any atom is 0.293 e. The van der Waals surface area contributed by atoms with Crippen LogP contribution in [0.4, 0.5) is 5.82 Å². The van der Waals surface area contributed by atoms with E-state index in [0.717, 1.165) is 44.5 Å². The van der Waals surface area contributed by atoms with Gasteiger partial charge in [-0.3, -0.25) is 9.79 Å². The van der Waals surface area contributed by atoms with Crippen molar-refractivity contribution in [1.82, 2.24) is 29.3 Å². The number of guanidine groups is 1. The van der Waals surface area contributed by atoms with Crippen LogP contribution in [0.1, 0.15) is 19.7 Å². The summed E-state index contributed by atoms with van der Waals surface area (Å²) in [5.74, 6) is 2.95. The fourth-order valence-electron chi connectivity index (χ4n) is 3.39. The summed E-state index contributed by atoms with van der Waals surface area (Å²) in [6.45, 7) is 9.00. The van der Waals surface area contributed by atoms with Gasteiger partial charge in [0.25, 0.3) is 5.56 Å². The van der Waals surface area contributed by atoms with Crippen LogP contribution in [0.3, 0.4) is 0 Å². The summed E-state index contributed by atoms with van der Waals surface area (Å²) in [6.07, 6.45) is 7.21. The van der Waals surface area contributed by atoms with Gasteiger partial charge in [-0.2, -0.15) is 0 Å². The van der Waals surface area contributed by atoms with Gasteiger partial charge in [0.1, 0.15) is 5.82 Å². The van der Waals surface area contributed by atoms with E-state index in [1.165, 1.54) is 0 Å². The van der Waals surface area contributed by atoms with Crippen molar-refractivity contribution in [2.45, 2.75) is 26.9 Å². The Morgan fingerprint density at radius 3 is 2.52 bits per heavy atom. The van der Waals surface area contributed by atoms with Crippen LogP contribution in [0.2, 0.25) is 0 Å². The number of nitrogens with one attached hydrogen (secondary N) is 1. The second-order valence-electron chi connectivity index (χ2n) is 7.43. The average Bonchev–Trinajstić information content (AvgIpc) is 3.11. The van der Waals surface area contributed by atoms with Gasteiger partial charge in [0.2, 0.25) is 0 Å². The van der Waals surface area contributed by atoms with Crippen molar-refractivity contribution in [2.24, 2.45) is 18.0 Å². The van der Waals surface area contributed by atoms with Crippen LogP contribution < -0.4 is 15.8 Å². The lowest BCUT2D eigenvalue weighted by Gasteiger charge is -2.36. The van der Waals surface area contributed by atoms with Gasteiger partial charge in [-0.25, -0.2) is 9.97 Å². The van der Waals surface area contributed by atoms with E-state index < -0.39 is 0 Å². The number of aromatic nitrogens is 4. The normalized spacial score (nSPS) is 14.9. The highest BCUT2D eigenvalue weighted by atomic mass is 127. The smallest absolute Gasteiger partial charge is 0.293 e. The van der Waals surface area contributed by atoms with Gasteiger partial charge in [-0.15, -0.1) is 24.0 Å². The molecule has 0 aromatic carbocycles. The Balaban J connectivity index is 0.00000300. The first-order chi connectivity index (χ1) is 13.5. The highest BCUT2D eigenvalue weighted by molar-refractivity contribution is 14.0. The molecule has 0 spiro atoms. The SMILES string of the molecule is CN=C(NCc1nccn1CC(C)C)N1CCN(c2nccn(C)c2=O)CC1.I. The third-order valence-corrected chi connectivity index (χ3v) is 4.86. The van der Waals surface area contributed by atoms with Gasteiger partial charge in [0, 0.05) is 71.6 Å². The molecule has 3 heterocycles. The molecule has 10 heteroatoms. The molecular formula is C19H31IN8O. The third-order valence-electron chi connectivity index (χ3n) is 4.86. The van der Waals surface area contributed by atoms with Crippen molar-refractivity contribution in [3.05, 3.63) is 41.0 Å². The van der Waals surface area contributed by atoms with E-state index in [9.17, 15) is 4.79 Å². The van der Waals surface area contributed by atoms with E-state index in [-0.39, 0.29) is 29.5 Å². The maximum atomic E-state index is 12.3. The number of aryl methyl sites for hydroxylation is 1. The molecular weight excluding hydrogens is 483 g/mol. The molecule has 0 radical (unpaired) electrons. The second kappa shape index (κ2) is 10.6. The molecule has 160 valence electrons. The maximum absolute atomic E-state index is 12.3. The number of nitrogens with zero attached hydrogens (tertiary/aromatic N) is 7. The summed E-state index contributed by atoms with van der Waals surface area (Å²) in [4.78, 5) is 29.7. The minimum Gasteiger partial charge on any atom is -0.349 e. The molecule has 0 saturated carbocycles. The van der Waals surface area contributed by atoms with Crippen molar-refractivity contribution in [1.29, 1.82) is 0 Å². The number of anilines is 1. The minimum absolute atomic E-state index is 0. The summed E-state index contributed by atoms with van der Waals surface area (Å²) in [7, 11) is 3.54. The van der Waals surface area contributed by atoms with Crippen LogP contribution in [0, 0.1) is 5.92 Å². The predicted molar refractivity (Wildman–Crippen MR) is 126 cm³/mol. The number of hydrogen-bond donors (Lipinski definition) is 1. The highest BCUT2D eigenvalue weighted by Gasteiger charge is 2.22. The Morgan fingerprint density at radius 1 is 1.17 bits per heavy atom. The number of hydrogen-bond acceptors (Lipinski definition) is 5. The molecule has 29 heavy (non-hydrogen) atoms. The van der Waals surface area contributed by atoms with Crippen molar-refractivity contribution in [3.8, 4) is 0 Å². The monoisotopic (exact) mass is 514 g/mol. The molecule has 9 nitrogen and oxygen atoms in total. The fourth-order valence-corrected chi connectivity index (χ4v) is 3.39. The third kappa shape index (κ3) is 5.71. The van der Waals surface area contributed by atoms with Crippen molar-refractivity contribution in [3.63, 3.8) is 0 Å². The van der Waals surface area contributed by atoms with Crippen LogP contribution in [-0.4, -0.2) is 63.2 Å². The summed E-state index contributed by atoms with van der Waals surface area (Å²) in [5, 5.41) is 3.42. The lowest BCUT2D eigenvalue weighted by atomic mass is 10.2. The van der Waals surface area contributed by atoms with E-state index in [1.807, 2.05) is 17.3 Å². The van der Waals surface area contributed by atoms with Gasteiger partial charge >= 0.3 is 0 Å². The topological polar surface area (TPSA) is 83.6 Å². The van der Waals surface area contributed by atoms with Gasteiger partial charge in [-0.1, -0.05) is 13.8 Å². The highest BCUT2D eigenvalue weighted by Crippen LogP contribution is 2.09.